The summed E-state index contributed by atoms with van der Waals surface area (Å²) in [6.45, 7) is 2.01. The molecule has 1 aromatic carbocycles. The summed E-state index contributed by atoms with van der Waals surface area (Å²) in [5.41, 5.74) is 8.20. The lowest BCUT2D eigenvalue weighted by molar-refractivity contribution is 0.0940. The SMILES string of the molecule is Cc1ccc(NC(=S)NNC(=O)c2cn3ccccc3n2)cc1. The van der Waals surface area contributed by atoms with E-state index in [-0.39, 0.29) is 5.91 Å². The van der Waals surface area contributed by atoms with Gasteiger partial charge in [0.05, 0.1) is 0 Å². The number of anilines is 1. The molecule has 3 N–H and O–H groups in total. The molecule has 3 aromatic rings. The molecule has 0 atom stereocenters. The fourth-order valence-corrected chi connectivity index (χ4v) is 2.19. The summed E-state index contributed by atoms with van der Waals surface area (Å²) >= 11 is 5.14. The Morgan fingerprint density at radius 3 is 2.65 bits per heavy atom. The number of aromatic nitrogens is 2. The zero-order valence-corrected chi connectivity index (χ0v) is 13.2. The van der Waals surface area contributed by atoms with E-state index >= 15 is 0 Å². The highest BCUT2D eigenvalue weighted by molar-refractivity contribution is 7.80. The quantitative estimate of drug-likeness (QED) is 0.498. The first-order chi connectivity index (χ1) is 11.1. The molecule has 0 saturated carbocycles. The number of hydrogen-bond donors (Lipinski definition) is 3. The number of benzene rings is 1. The van der Waals surface area contributed by atoms with E-state index < -0.39 is 0 Å². The highest BCUT2D eigenvalue weighted by Crippen LogP contribution is 2.08. The van der Waals surface area contributed by atoms with Gasteiger partial charge in [0.15, 0.2) is 5.11 Å². The third-order valence-electron chi connectivity index (χ3n) is 3.20. The number of thiocarbonyl (C=S) groups is 1. The summed E-state index contributed by atoms with van der Waals surface area (Å²) in [5.74, 6) is -0.359. The average molecular weight is 325 g/mol. The predicted octanol–water partition coefficient (Wildman–Crippen LogP) is 2.27. The number of amides is 1. The van der Waals surface area contributed by atoms with Gasteiger partial charge in [0.1, 0.15) is 11.3 Å². The standard InChI is InChI=1S/C16H15N5OS/c1-11-5-7-12(8-6-11)17-16(23)20-19-15(22)13-10-21-9-3-2-4-14(21)18-13/h2-10H,1H3,(H,19,22)(H2,17,20,23). The fraction of sp³-hybridized carbons (Fsp3) is 0.0625. The third kappa shape index (κ3) is 3.64. The van der Waals surface area contributed by atoms with Gasteiger partial charge in [-0.15, -0.1) is 0 Å². The minimum atomic E-state index is -0.359. The maximum Gasteiger partial charge on any atom is 0.289 e. The normalized spacial score (nSPS) is 10.3. The molecule has 1 amide bonds. The topological polar surface area (TPSA) is 70.5 Å². The van der Waals surface area contributed by atoms with Crippen LogP contribution in [0.1, 0.15) is 16.1 Å². The van der Waals surface area contributed by atoms with Crippen molar-refractivity contribution in [2.24, 2.45) is 0 Å². The number of nitrogens with one attached hydrogen (secondary N) is 3. The van der Waals surface area contributed by atoms with Gasteiger partial charge in [-0.1, -0.05) is 23.8 Å². The van der Waals surface area contributed by atoms with Crippen LogP contribution in [0.4, 0.5) is 5.69 Å². The molecular weight excluding hydrogens is 310 g/mol. The minimum Gasteiger partial charge on any atom is -0.331 e. The van der Waals surface area contributed by atoms with Gasteiger partial charge >= 0.3 is 0 Å². The number of hydrazine groups is 1. The lowest BCUT2D eigenvalue weighted by Crippen LogP contribution is -2.43. The molecule has 0 bridgehead atoms. The Balaban J connectivity index is 1.57. The minimum absolute atomic E-state index is 0.297. The van der Waals surface area contributed by atoms with Crippen LogP contribution in [-0.4, -0.2) is 20.4 Å². The first-order valence-electron chi connectivity index (χ1n) is 6.99. The zero-order valence-electron chi connectivity index (χ0n) is 12.4. The summed E-state index contributed by atoms with van der Waals surface area (Å²) in [4.78, 5) is 16.3. The number of hydrogen-bond acceptors (Lipinski definition) is 3. The first-order valence-corrected chi connectivity index (χ1v) is 7.40. The van der Waals surface area contributed by atoms with E-state index in [2.05, 4.69) is 21.2 Å². The second-order valence-corrected chi connectivity index (χ2v) is 5.40. The first kappa shape index (κ1) is 15.0. The zero-order chi connectivity index (χ0) is 16.2. The Labute approximate surface area is 138 Å². The predicted molar refractivity (Wildman–Crippen MR) is 93.2 cm³/mol. The largest absolute Gasteiger partial charge is 0.331 e. The highest BCUT2D eigenvalue weighted by Gasteiger charge is 2.10. The fourth-order valence-electron chi connectivity index (χ4n) is 2.02. The molecule has 0 fully saturated rings. The molecule has 116 valence electrons. The number of carbonyl (C=O) groups excluding carboxylic acids is 1. The van der Waals surface area contributed by atoms with Gasteiger partial charge in [-0.25, -0.2) is 4.98 Å². The molecule has 2 aromatic heterocycles. The van der Waals surface area contributed by atoms with Crippen molar-refractivity contribution >= 4 is 34.6 Å². The van der Waals surface area contributed by atoms with Crippen molar-refractivity contribution in [3.05, 3.63) is 66.1 Å². The van der Waals surface area contributed by atoms with Gasteiger partial charge in [-0.05, 0) is 43.4 Å². The molecule has 23 heavy (non-hydrogen) atoms. The number of carbonyl (C=O) groups is 1. The number of imidazole rings is 1. The second kappa shape index (κ2) is 6.45. The van der Waals surface area contributed by atoms with Gasteiger partial charge in [0.2, 0.25) is 0 Å². The third-order valence-corrected chi connectivity index (χ3v) is 3.40. The summed E-state index contributed by atoms with van der Waals surface area (Å²) in [5, 5.41) is 3.28. The molecule has 0 unspecified atom stereocenters. The molecule has 3 rings (SSSR count). The van der Waals surface area contributed by atoms with Crippen LogP contribution in [0.25, 0.3) is 5.65 Å². The molecular formula is C16H15N5OS. The molecule has 7 heteroatoms. The monoisotopic (exact) mass is 325 g/mol. The Morgan fingerprint density at radius 1 is 1.13 bits per heavy atom. The molecule has 0 spiro atoms. The van der Waals surface area contributed by atoms with Crippen molar-refractivity contribution in [2.75, 3.05) is 5.32 Å². The molecule has 6 nitrogen and oxygen atoms in total. The smallest absolute Gasteiger partial charge is 0.289 e. The van der Waals surface area contributed by atoms with Crippen molar-refractivity contribution in [3.8, 4) is 0 Å². The molecule has 0 aliphatic rings. The lowest BCUT2D eigenvalue weighted by Gasteiger charge is -2.10. The Bertz CT molecular complexity index is 823. The summed E-state index contributed by atoms with van der Waals surface area (Å²) in [6, 6.07) is 13.3. The van der Waals surface area contributed by atoms with E-state index in [9.17, 15) is 4.79 Å². The second-order valence-electron chi connectivity index (χ2n) is 4.99. The Morgan fingerprint density at radius 2 is 1.91 bits per heavy atom. The van der Waals surface area contributed by atoms with E-state index in [0.717, 1.165) is 11.3 Å². The van der Waals surface area contributed by atoms with Crippen LogP contribution in [0.15, 0.2) is 54.9 Å². The van der Waals surface area contributed by atoms with Crippen LogP contribution in [0, 0.1) is 6.92 Å². The Kier molecular flexibility index (Phi) is 4.20. The summed E-state index contributed by atoms with van der Waals surface area (Å²) < 4.78 is 1.78. The highest BCUT2D eigenvalue weighted by atomic mass is 32.1. The van der Waals surface area contributed by atoms with Gasteiger partial charge in [0, 0.05) is 18.1 Å². The van der Waals surface area contributed by atoms with Crippen LogP contribution in [0.2, 0.25) is 0 Å². The van der Waals surface area contributed by atoms with E-state index in [1.165, 1.54) is 0 Å². The summed E-state index contributed by atoms with van der Waals surface area (Å²) in [6.07, 6.45) is 3.49. The number of nitrogens with zero attached hydrogens (tertiary/aromatic N) is 2. The van der Waals surface area contributed by atoms with Crippen molar-refractivity contribution in [2.45, 2.75) is 6.92 Å². The number of pyridine rings is 1. The summed E-state index contributed by atoms with van der Waals surface area (Å²) in [7, 11) is 0. The maximum absolute atomic E-state index is 12.1. The van der Waals surface area contributed by atoms with Crippen molar-refractivity contribution < 1.29 is 4.79 Å². The number of rotatable bonds is 2. The van der Waals surface area contributed by atoms with Crippen molar-refractivity contribution in [1.82, 2.24) is 20.2 Å². The van der Waals surface area contributed by atoms with Crippen LogP contribution in [0.5, 0.6) is 0 Å². The van der Waals surface area contributed by atoms with Gasteiger partial charge in [-0.3, -0.25) is 15.6 Å². The van der Waals surface area contributed by atoms with E-state index in [4.69, 9.17) is 12.2 Å². The molecule has 2 heterocycles. The van der Waals surface area contributed by atoms with Gasteiger partial charge in [0.25, 0.3) is 5.91 Å². The maximum atomic E-state index is 12.1. The molecule has 0 radical (unpaired) electrons. The lowest BCUT2D eigenvalue weighted by atomic mass is 10.2. The van der Waals surface area contributed by atoms with Crippen LogP contribution >= 0.6 is 12.2 Å². The Hall–Kier alpha value is -2.93. The molecule has 0 saturated heterocycles. The van der Waals surface area contributed by atoms with E-state index in [0.29, 0.717) is 16.5 Å². The van der Waals surface area contributed by atoms with Crippen molar-refractivity contribution in [3.63, 3.8) is 0 Å². The van der Waals surface area contributed by atoms with Crippen molar-refractivity contribution in [1.29, 1.82) is 0 Å². The van der Waals surface area contributed by atoms with Gasteiger partial charge < -0.3 is 9.72 Å². The number of fused-ring (bicyclic) bond motifs is 1. The number of aryl methyl sites for hydroxylation is 1. The van der Waals surface area contributed by atoms with E-state index in [1.54, 1.807) is 10.6 Å². The van der Waals surface area contributed by atoms with Gasteiger partial charge in [-0.2, -0.15) is 0 Å². The van der Waals surface area contributed by atoms with Crippen LogP contribution in [0.3, 0.4) is 0 Å². The van der Waals surface area contributed by atoms with Crippen LogP contribution < -0.4 is 16.2 Å². The molecule has 0 aliphatic carbocycles. The van der Waals surface area contributed by atoms with Crippen LogP contribution in [-0.2, 0) is 0 Å². The average Bonchev–Trinajstić information content (AvgIpc) is 2.99. The van der Waals surface area contributed by atoms with E-state index in [1.807, 2.05) is 55.6 Å². The molecule has 0 aliphatic heterocycles.